The van der Waals surface area contributed by atoms with E-state index >= 15 is 0 Å². The van der Waals surface area contributed by atoms with Gasteiger partial charge < -0.3 is 15.1 Å². The van der Waals surface area contributed by atoms with Gasteiger partial charge in [0.15, 0.2) is 0 Å². The molecule has 0 aliphatic carbocycles. The molecule has 0 amide bonds. The lowest BCUT2D eigenvalue weighted by Crippen LogP contribution is -2.35. The van der Waals surface area contributed by atoms with Crippen LogP contribution in [-0.2, 0) is 19.5 Å². The molecule has 24 heavy (non-hydrogen) atoms. The summed E-state index contributed by atoms with van der Waals surface area (Å²) >= 11 is 0. The van der Waals surface area contributed by atoms with Crippen molar-refractivity contribution in [2.45, 2.75) is 19.5 Å². The maximum atomic E-state index is 12.5. The maximum absolute atomic E-state index is 12.5. The number of H-pyrrole nitrogens is 1. The third-order valence-electron chi connectivity index (χ3n) is 4.29. The van der Waals surface area contributed by atoms with Crippen molar-refractivity contribution < 1.29 is 4.42 Å². The van der Waals surface area contributed by atoms with E-state index in [1.165, 1.54) is 0 Å². The Labute approximate surface area is 138 Å². The third-order valence-corrected chi connectivity index (χ3v) is 4.29. The minimum Gasteiger partial charge on any atom is -0.468 e. The highest BCUT2D eigenvalue weighted by molar-refractivity contribution is 5.58. The normalized spacial score (nSPS) is 14.5. The monoisotopic (exact) mass is 322 g/mol. The molecule has 1 aliphatic heterocycles. The largest absolute Gasteiger partial charge is 0.468 e. The molecule has 3 aromatic rings. The molecule has 122 valence electrons. The summed E-state index contributed by atoms with van der Waals surface area (Å²) in [5.74, 6) is 1.50. The Morgan fingerprint density at radius 1 is 1.25 bits per heavy atom. The summed E-state index contributed by atoms with van der Waals surface area (Å²) in [6.45, 7) is 2.14. The molecule has 0 saturated heterocycles. The number of hydrogen-bond acceptors (Lipinski definition) is 5. The van der Waals surface area contributed by atoms with Crippen LogP contribution in [0.1, 0.15) is 17.0 Å². The Hall–Kier alpha value is -2.86. The predicted molar refractivity (Wildman–Crippen MR) is 91.2 cm³/mol. The van der Waals surface area contributed by atoms with Crippen LogP contribution in [0.2, 0.25) is 0 Å². The van der Waals surface area contributed by atoms with Gasteiger partial charge in [-0.05, 0) is 36.4 Å². The fourth-order valence-corrected chi connectivity index (χ4v) is 3.02. The van der Waals surface area contributed by atoms with Crippen molar-refractivity contribution in [1.29, 1.82) is 0 Å². The number of furan rings is 1. The van der Waals surface area contributed by atoms with Crippen molar-refractivity contribution >= 4 is 5.69 Å². The van der Waals surface area contributed by atoms with Crippen LogP contribution in [0.5, 0.6) is 0 Å². The zero-order valence-electron chi connectivity index (χ0n) is 13.2. The Bertz CT molecular complexity index is 898. The molecule has 3 N–H and O–H groups in total. The van der Waals surface area contributed by atoms with Gasteiger partial charge in [-0.25, -0.2) is 4.98 Å². The summed E-state index contributed by atoms with van der Waals surface area (Å²) in [6, 6.07) is 11.2. The molecule has 6 nitrogen and oxygen atoms in total. The van der Waals surface area contributed by atoms with Crippen molar-refractivity contribution in [2.75, 3.05) is 12.3 Å². The van der Waals surface area contributed by atoms with Crippen LogP contribution in [0.4, 0.5) is 5.69 Å². The van der Waals surface area contributed by atoms with E-state index in [0.717, 1.165) is 35.5 Å². The lowest BCUT2D eigenvalue weighted by molar-refractivity contribution is 0.222. The van der Waals surface area contributed by atoms with Gasteiger partial charge in [0.2, 0.25) is 0 Å². The Balaban J connectivity index is 1.61. The highest BCUT2D eigenvalue weighted by Gasteiger charge is 2.22. The van der Waals surface area contributed by atoms with Gasteiger partial charge in [-0.2, -0.15) is 0 Å². The SMILES string of the molecule is Nc1ccc(-c2nc3c(c(=O)[nH]2)CN(Cc2ccco2)CC3)cc1. The minimum atomic E-state index is -0.0732. The molecule has 3 heterocycles. The lowest BCUT2D eigenvalue weighted by Gasteiger charge is -2.26. The van der Waals surface area contributed by atoms with E-state index in [1.54, 1.807) is 18.4 Å². The Morgan fingerprint density at radius 2 is 2.08 bits per heavy atom. The first-order valence-corrected chi connectivity index (χ1v) is 7.92. The zero-order valence-corrected chi connectivity index (χ0v) is 13.2. The zero-order chi connectivity index (χ0) is 16.5. The minimum absolute atomic E-state index is 0.0732. The predicted octanol–water partition coefficient (Wildman–Crippen LogP) is 2.17. The standard InChI is InChI=1S/C18H18N4O2/c19-13-5-3-12(4-6-13)17-20-16-7-8-22(10-14-2-1-9-24-14)11-15(16)18(23)21-17/h1-6,9H,7-8,10-11,19H2,(H,20,21,23). The number of aromatic nitrogens is 2. The topological polar surface area (TPSA) is 88.1 Å². The fraction of sp³-hybridized carbons (Fsp3) is 0.222. The first-order valence-electron chi connectivity index (χ1n) is 7.92. The second-order valence-electron chi connectivity index (χ2n) is 6.00. The number of aromatic amines is 1. The number of nitrogen functional groups attached to an aromatic ring is 1. The molecule has 0 spiro atoms. The van der Waals surface area contributed by atoms with E-state index in [4.69, 9.17) is 10.2 Å². The number of rotatable bonds is 3. The van der Waals surface area contributed by atoms with E-state index in [0.29, 0.717) is 24.6 Å². The quantitative estimate of drug-likeness (QED) is 0.722. The molecule has 1 aliphatic rings. The Morgan fingerprint density at radius 3 is 2.83 bits per heavy atom. The van der Waals surface area contributed by atoms with Crippen LogP contribution in [-0.4, -0.2) is 21.4 Å². The molecule has 4 rings (SSSR count). The molecule has 0 fully saturated rings. The van der Waals surface area contributed by atoms with Gasteiger partial charge in [-0.3, -0.25) is 9.69 Å². The molecular weight excluding hydrogens is 304 g/mol. The molecule has 0 unspecified atom stereocenters. The summed E-state index contributed by atoms with van der Waals surface area (Å²) in [5, 5.41) is 0. The Kier molecular flexibility index (Phi) is 3.66. The molecule has 0 atom stereocenters. The first-order chi connectivity index (χ1) is 11.7. The van der Waals surface area contributed by atoms with Gasteiger partial charge in [0, 0.05) is 30.8 Å². The maximum Gasteiger partial charge on any atom is 0.255 e. The summed E-state index contributed by atoms with van der Waals surface area (Å²) < 4.78 is 5.39. The molecular formula is C18H18N4O2. The molecule has 2 aromatic heterocycles. The van der Waals surface area contributed by atoms with Crippen molar-refractivity contribution in [3.8, 4) is 11.4 Å². The van der Waals surface area contributed by atoms with E-state index in [-0.39, 0.29) is 5.56 Å². The number of anilines is 1. The average Bonchev–Trinajstić information content (AvgIpc) is 3.09. The number of hydrogen-bond donors (Lipinski definition) is 2. The summed E-state index contributed by atoms with van der Waals surface area (Å²) in [5.41, 5.74) is 8.81. The van der Waals surface area contributed by atoms with Crippen LogP contribution in [0.25, 0.3) is 11.4 Å². The second kappa shape index (κ2) is 5.98. The van der Waals surface area contributed by atoms with Crippen LogP contribution in [0, 0.1) is 0 Å². The summed E-state index contributed by atoms with van der Waals surface area (Å²) in [6.07, 6.45) is 2.42. The smallest absolute Gasteiger partial charge is 0.255 e. The third kappa shape index (κ3) is 2.83. The van der Waals surface area contributed by atoms with Gasteiger partial charge in [-0.1, -0.05) is 0 Å². The van der Waals surface area contributed by atoms with Crippen LogP contribution >= 0.6 is 0 Å². The number of nitrogens with two attached hydrogens (primary N) is 1. The van der Waals surface area contributed by atoms with E-state index in [2.05, 4.69) is 14.9 Å². The van der Waals surface area contributed by atoms with E-state index in [1.807, 2.05) is 24.3 Å². The summed E-state index contributed by atoms with van der Waals surface area (Å²) in [7, 11) is 0. The van der Waals surface area contributed by atoms with Crippen molar-refractivity contribution in [2.24, 2.45) is 0 Å². The molecule has 1 aromatic carbocycles. The number of nitrogens with zero attached hydrogens (tertiary/aromatic N) is 2. The van der Waals surface area contributed by atoms with Crippen molar-refractivity contribution in [3.05, 3.63) is 70.0 Å². The number of nitrogens with one attached hydrogen (secondary N) is 1. The van der Waals surface area contributed by atoms with Gasteiger partial charge in [-0.15, -0.1) is 0 Å². The van der Waals surface area contributed by atoms with Gasteiger partial charge in [0.05, 0.1) is 24.1 Å². The fourth-order valence-electron chi connectivity index (χ4n) is 3.02. The molecule has 0 bridgehead atoms. The second-order valence-corrected chi connectivity index (χ2v) is 6.00. The highest BCUT2D eigenvalue weighted by Crippen LogP contribution is 2.20. The average molecular weight is 322 g/mol. The number of benzene rings is 1. The molecule has 6 heteroatoms. The van der Waals surface area contributed by atoms with Gasteiger partial charge in [0.1, 0.15) is 11.6 Å². The van der Waals surface area contributed by atoms with E-state index in [9.17, 15) is 4.79 Å². The van der Waals surface area contributed by atoms with Crippen LogP contribution in [0.3, 0.4) is 0 Å². The van der Waals surface area contributed by atoms with Gasteiger partial charge in [0.25, 0.3) is 5.56 Å². The van der Waals surface area contributed by atoms with Crippen molar-refractivity contribution in [3.63, 3.8) is 0 Å². The van der Waals surface area contributed by atoms with Gasteiger partial charge >= 0.3 is 0 Å². The van der Waals surface area contributed by atoms with E-state index < -0.39 is 0 Å². The van der Waals surface area contributed by atoms with Crippen LogP contribution < -0.4 is 11.3 Å². The molecule has 0 saturated carbocycles. The lowest BCUT2D eigenvalue weighted by atomic mass is 10.1. The first kappa shape index (κ1) is 14.7. The highest BCUT2D eigenvalue weighted by atomic mass is 16.3. The molecule has 0 radical (unpaired) electrons. The van der Waals surface area contributed by atoms with Crippen molar-refractivity contribution in [1.82, 2.24) is 14.9 Å². The summed E-state index contributed by atoms with van der Waals surface area (Å²) in [4.78, 5) is 22.3. The van der Waals surface area contributed by atoms with Crippen LogP contribution in [0.15, 0.2) is 51.9 Å². The number of fused-ring (bicyclic) bond motifs is 1.